The van der Waals surface area contributed by atoms with Crippen LogP contribution >= 0.6 is 0 Å². The SMILES string of the molecule is CC1(C#Cc2cc(F)c3c(c2)[C@@]2(CCOC(N)=N2)c2cc(-c4cccnc4F)ccc2O3)COC1. The lowest BCUT2D eigenvalue weighted by molar-refractivity contribution is -0.0648. The van der Waals surface area contributed by atoms with E-state index in [9.17, 15) is 4.39 Å². The van der Waals surface area contributed by atoms with Gasteiger partial charge in [0.05, 0.1) is 25.2 Å². The third-order valence-corrected chi connectivity index (χ3v) is 6.56. The summed E-state index contributed by atoms with van der Waals surface area (Å²) in [7, 11) is 0. The number of aliphatic imine (C=N–C) groups is 1. The summed E-state index contributed by atoms with van der Waals surface area (Å²) < 4.78 is 46.6. The van der Waals surface area contributed by atoms with E-state index in [4.69, 9.17) is 19.9 Å². The molecule has 1 fully saturated rings. The van der Waals surface area contributed by atoms with Crippen molar-refractivity contribution in [1.82, 2.24) is 4.98 Å². The van der Waals surface area contributed by atoms with E-state index in [0.717, 1.165) is 0 Å². The summed E-state index contributed by atoms with van der Waals surface area (Å²) in [6.45, 7) is 3.35. The number of nitrogens with two attached hydrogens (primary N) is 1. The molecule has 8 heteroatoms. The lowest BCUT2D eigenvalue weighted by Gasteiger charge is -2.39. The van der Waals surface area contributed by atoms with E-state index in [1.54, 1.807) is 36.4 Å². The molecule has 0 bridgehead atoms. The van der Waals surface area contributed by atoms with E-state index in [1.165, 1.54) is 12.3 Å². The van der Waals surface area contributed by atoms with Crippen molar-refractivity contribution in [2.75, 3.05) is 19.8 Å². The number of amidine groups is 1. The first-order valence-electron chi connectivity index (χ1n) is 11.2. The van der Waals surface area contributed by atoms with Crippen LogP contribution < -0.4 is 10.5 Å². The van der Waals surface area contributed by atoms with Crippen molar-refractivity contribution >= 4 is 6.02 Å². The average Bonchev–Trinajstić information content (AvgIpc) is 2.83. The van der Waals surface area contributed by atoms with Gasteiger partial charge < -0.3 is 19.9 Å². The minimum atomic E-state index is -1.08. The molecular weight excluding hydrogens is 452 g/mol. The van der Waals surface area contributed by atoms with Gasteiger partial charge in [0.25, 0.3) is 6.02 Å². The maximum Gasteiger partial charge on any atom is 0.283 e. The van der Waals surface area contributed by atoms with Crippen LogP contribution in [0.5, 0.6) is 11.5 Å². The molecule has 0 aliphatic carbocycles. The maximum atomic E-state index is 15.4. The Labute approximate surface area is 200 Å². The Morgan fingerprint density at radius 3 is 2.69 bits per heavy atom. The molecule has 1 saturated heterocycles. The van der Waals surface area contributed by atoms with Crippen LogP contribution in [0, 0.1) is 29.0 Å². The van der Waals surface area contributed by atoms with Gasteiger partial charge in [-0.1, -0.05) is 17.9 Å². The zero-order valence-corrected chi connectivity index (χ0v) is 18.9. The molecule has 0 amide bonds. The first kappa shape index (κ1) is 21.6. The zero-order valence-electron chi connectivity index (χ0n) is 18.9. The number of halogens is 2. The summed E-state index contributed by atoms with van der Waals surface area (Å²) in [5.41, 5.74) is 7.26. The van der Waals surface area contributed by atoms with E-state index in [2.05, 4.69) is 21.8 Å². The van der Waals surface area contributed by atoms with Gasteiger partial charge in [-0.2, -0.15) is 4.39 Å². The summed E-state index contributed by atoms with van der Waals surface area (Å²) in [6, 6.07) is 11.6. The topological polar surface area (TPSA) is 79.0 Å². The minimum Gasteiger partial charge on any atom is -0.465 e. The second kappa shape index (κ2) is 7.79. The van der Waals surface area contributed by atoms with Crippen molar-refractivity contribution in [3.05, 3.63) is 77.1 Å². The van der Waals surface area contributed by atoms with Gasteiger partial charge in [-0.15, -0.1) is 0 Å². The van der Waals surface area contributed by atoms with Crippen LogP contribution in [-0.2, 0) is 15.0 Å². The van der Waals surface area contributed by atoms with Crippen molar-refractivity contribution in [3.63, 3.8) is 0 Å². The fourth-order valence-corrected chi connectivity index (χ4v) is 4.72. The summed E-state index contributed by atoms with van der Waals surface area (Å²) in [6.07, 6.45) is 1.78. The van der Waals surface area contributed by atoms with Crippen molar-refractivity contribution in [3.8, 4) is 34.5 Å². The van der Waals surface area contributed by atoms with Crippen molar-refractivity contribution < 1.29 is 23.0 Å². The summed E-state index contributed by atoms with van der Waals surface area (Å²) in [5.74, 6) is 5.62. The molecule has 2 aromatic carbocycles. The number of hydrogen-bond acceptors (Lipinski definition) is 6. The maximum absolute atomic E-state index is 15.4. The summed E-state index contributed by atoms with van der Waals surface area (Å²) >= 11 is 0. The molecule has 176 valence electrons. The van der Waals surface area contributed by atoms with Crippen molar-refractivity contribution in [2.45, 2.75) is 18.9 Å². The highest BCUT2D eigenvalue weighted by molar-refractivity contribution is 5.76. The Morgan fingerprint density at radius 2 is 1.94 bits per heavy atom. The molecule has 0 radical (unpaired) electrons. The van der Waals surface area contributed by atoms with E-state index in [-0.39, 0.29) is 23.8 Å². The van der Waals surface area contributed by atoms with Gasteiger partial charge in [0, 0.05) is 34.9 Å². The van der Waals surface area contributed by atoms with Gasteiger partial charge in [0.15, 0.2) is 11.6 Å². The van der Waals surface area contributed by atoms with E-state index in [1.807, 2.05) is 6.92 Å². The van der Waals surface area contributed by atoms with Crippen LogP contribution in [0.25, 0.3) is 11.1 Å². The normalized spacial score (nSPS) is 21.3. The molecule has 0 saturated carbocycles. The van der Waals surface area contributed by atoms with Crippen LogP contribution in [0.2, 0.25) is 0 Å². The van der Waals surface area contributed by atoms with Crippen molar-refractivity contribution in [2.24, 2.45) is 16.1 Å². The predicted molar refractivity (Wildman–Crippen MR) is 125 cm³/mol. The number of fused-ring (bicyclic) bond motifs is 4. The number of ether oxygens (including phenoxy) is 3. The average molecular weight is 473 g/mol. The third-order valence-electron chi connectivity index (χ3n) is 6.56. The molecule has 1 spiro atoms. The van der Waals surface area contributed by atoms with E-state index in [0.29, 0.717) is 53.2 Å². The van der Waals surface area contributed by atoms with E-state index >= 15 is 4.39 Å². The predicted octanol–water partition coefficient (Wildman–Crippen LogP) is 4.50. The Morgan fingerprint density at radius 1 is 1.09 bits per heavy atom. The number of benzene rings is 2. The first-order valence-corrected chi connectivity index (χ1v) is 11.2. The first-order chi connectivity index (χ1) is 16.9. The molecule has 6 rings (SSSR count). The number of nitrogens with zero attached hydrogens (tertiary/aromatic N) is 2. The fraction of sp³-hybridized carbons (Fsp3) is 0.259. The molecular formula is C27H21F2N3O3. The molecule has 3 aliphatic rings. The number of rotatable bonds is 1. The molecule has 3 aliphatic heterocycles. The smallest absolute Gasteiger partial charge is 0.283 e. The second-order valence-electron chi connectivity index (χ2n) is 9.20. The summed E-state index contributed by atoms with van der Waals surface area (Å²) in [4.78, 5) is 8.44. The largest absolute Gasteiger partial charge is 0.465 e. The molecule has 0 unspecified atom stereocenters. The summed E-state index contributed by atoms with van der Waals surface area (Å²) in [5, 5.41) is 0. The van der Waals surface area contributed by atoms with Crippen LogP contribution in [0.3, 0.4) is 0 Å². The Balaban J connectivity index is 1.55. The molecule has 6 nitrogen and oxygen atoms in total. The minimum absolute atomic E-state index is 0.0102. The van der Waals surface area contributed by atoms with Gasteiger partial charge in [0.1, 0.15) is 11.3 Å². The standard InChI is InChI=1S/C27H21F2N3O3/c1-26(14-33-15-26)7-6-16-11-20-23(21(28)12-16)35-22-5-4-17(18-3-2-9-31-24(18)29)13-19(22)27(20)8-10-34-25(30)32-27/h2-5,9,11-13H,8,10,14-15H2,1H3,(H2,30,32)/t27-/m1/s1. The number of aromatic nitrogens is 1. The highest BCUT2D eigenvalue weighted by atomic mass is 19.1. The quantitative estimate of drug-likeness (QED) is 0.416. The monoisotopic (exact) mass is 473 g/mol. The van der Waals surface area contributed by atoms with Gasteiger partial charge >= 0.3 is 0 Å². The lowest BCUT2D eigenvalue weighted by atomic mass is 9.76. The number of hydrogen-bond donors (Lipinski definition) is 1. The van der Waals surface area contributed by atoms with Crippen LogP contribution in [0.4, 0.5) is 8.78 Å². The highest BCUT2D eigenvalue weighted by Crippen LogP contribution is 2.53. The third kappa shape index (κ3) is 3.51. The molecule has 35 heavy (non-hydrogen) atoms. The Kier molecular flexibility index (Phi) is 4.80. The van der Waals surface area contributed by atoms with Crippen LogP contribution in [-0.4, -0.2) is 30.8 Å². The van der Waals surface area contributed by atoms with Crippen LogP contribution in [0.1, 0.15) is 30.0 Å². The van der Waals surface area contributed by atoms with Gasteiger partial charge in [-0.05, 0) is 48.9 Å². The highest BCUT2D eigenvalue weighted by Gasteiger charge is 2.46. The molecule has 2 N–H and O–H groups in total. The molecule has 3 aromatic rings. The molecule has 4 heterocycles. The zero-order chi connectivity index (χ0) is 24.2. The van der Waals surface area contributed by atoms with Crippen LogP contribution in [0.15, 0.2) is 53.7 Å². The van der Waals surface area contributed by atoms with Crippen molar-refractivity contribution in [1.29, 1.82) is 0 Å². The van der Waals surface area contributed by atoms with Gasteiger partial charge in [-0.3, -0.25) is 0 Å². The lowest BCUT2D eigenvalue weighted by Crippen LogP contribution is -2.39. The Bertz CT molecular complexity index is 1460. The second-order valence-corrected chi connectivity index (χ2v) is 9.20. The Hall–Kier alpha value is -3.96. The van der Waals surface area contributed by atoms with E-state index < -0.39 is 17.3 Å². The molecule has 1 atom stereocenters. The molecule has 1 aromatic heterocycles. The van der Waals surface area contributed by atoms with Gasteiger partial charge in [-0.25, -0.2) is 14.4 Å². The fourth-order valence-electron chi connectivity index (χ4n) is 4.72. The van der Waals surface area contributed by atoms with Gasteiger partial charge in [0.2, 0.25) is 5.95 Å². The number of pyridine rings is 1.